The Bertz CT molecular complexity index is 1040. The summed E-state index contributed by atoms with van der Waals surface area (Å²) in [5, 5.41) is 0.535. The van der Waals surface area contributed by atoms with Crippen molar-refractivity contribution in [2.75, 3.05) is 17.2 Å². The number of aromatic nitrogens is 1. The van der Waals surface area contributed by atoms with Gasteiger partial charge in [-0.15, -0.1) is 11.3 Å². The number of carbonyl (C=O) groups excluding carboxylic acids is 1. The summed E-state index contributed by atoms with van der Waals surface area (Å²) in [5.74, 6) is 0.820. The Morgan fingerprint density at radius 1 is 1.22 bits per heavy atom. The van der Waals surface area contributed by atoms with Gasteiger partial charge in [0.2, 0.25) is 0 Å². The summed E-state index contributed by atoms with van der Waals surface area (Å²) in [5.41, 5.74) is 9.26. The second-order valence-corrected chi connectivity index (χ2v) is 7.44. The largest absolute Gasteiger partial charge is 0.449 e. The third kappa shape index (κ3) is 3.19. The summed E-state index contributed by atoms with van der Waals surface area (Å²) in [6, 6.07) is 15.4. The molecule has 0 unspecified atom stereocenters. The third-order valence-corrected chi connectivity index (χ3v) is 5.23. The van der Waals surface area contributed by atoms with Crippen LogP contribution in [0.2, 0.25) is 0 Å². The summed E-state index contributed by atoms with van der Waals surface area (Å²) in [6.45, 7) is 4.48. The summed E-state index contributed by atoms with van der Waals surface area (Å²) >= 11 is 1.46. The van der Waals surface area contributed by atoms with Crippen LogP contribution in [0, 0.1) is 6.92 Å². The molecule has 1 aromatic heterocycles. The topological polar surface area (TPSA) is 68.5 Å². The van der Waals surface area contributed by atoms with E-state index in [2.05, 4.69) is 4.98 Å². The molecule has 1 aliphatic heterocycles. The Balaban J connectivity index is 1.76. The van der Waals surface area contributed by atoms with Crippen LogP contribution in [0.5, 0.6) is 5.75 Å². The second-order valence-electron chi connectivity index (χ2n) is 6.21. The Labute approximate surface area is 161 Å². The van der Waals surface area contributed by atoms with Gasteiger partial charge in [0.05, 0.1) is 11.4 Å². The Kier molecular flexibility index (Phi) is 4.41. The molecule has 2 heterocycles. The number of likely N-dealkylation sites (N-methyl/N-ethyl adjacent to an activating group) is 1. The highest BCUT2D eigenvalue weighted by Gasteiger charge is 2.30. The van der Waals surface area contributed by atoms with Crippen molar-refractivity contribution in [2.45, 2.75) is 13.8 Å². The summed E-state index contributed by atoms with van der Waals surface area (Å²) in [7, 11) is 0. The van der Waals surface area contributed by atoms with Gasteiger partial charge in [-0.05, 0) is 43.7 Å². The zero-order valence-corrected chi connectivity index (χ0v) is 15.9. The van der Waals surface area contributed by atoms with Crippen molar-refractivity contribution < 1.29 is 9.53 Å². The van der Waals surface area contributed by atoms with E-state index >= 15 is 0 Å². The quantitative estimate of drug-likeness (QED) is 0.683. The average molecular weight is 377 g/mol. The SMILES string of the molecule is CCN1C(=O)/C(=C\c2ccccc2)Oc2ccc(-c3nc(N)sc3C)cc21. The number of nitrogens with two attached hydrogens (primary N) is 1. The molecule has 5 nitrogen and oxygen atoms in total. The van der Waals surface area contributed by atoms with Gasteiger partial charge in [0.15, 0.2) is 16.6 Å². The first kappa shape index (κ1) is 17.3. The van der Waals surface area contributed by atoms with Crippen LogP contribution in [0.15, 0.2) is 54.3 Å². The zero-order chi connectivity index (χ0) is 19.0. The monoisotopic (exact) mass is 377 g/mol. The molecule has 0 fully saturated rings. The van der Waals surface area contributed by atoms with Gasteiger partial charge in [0.1, 0.15) is 0 Å². The molecule has 1 aliphatic rings. The highest BCUT2D eigenvalue weighted by Crippen LogP contribution is 2.40. The molecule has 0 spiro atoms. The number of nitrogens with zero attached hydrogens (tertiary/aromatic N) is 2. The molecule has 2 N–H and O–H groups in total. The van der Waals surface area contributed by atoms with E-state index in [0.717, 1.165) is 27.4 Å². The smallest absolute Gasteiger partial charge is 0.294 e. The Morgan fingerprint density at radius 3 is 2.67 bits per heavy atom. The Hall–Kier alpha value is -3.12. The first-order valence-electron chi connectivity index (χ1n) is 8.70. The molecule has 0 saturated heterocycles. The van der Waals surface area contributed by atoms with Crippen LogP contribution in [0.4, 0.5) is 10.8 Å². The fraction of sp³-hybridized carbons (Fsp3) is 0.143. The maximum absolute atomic E-state index is 12.9. The number of ether oxygens (including phenoxy) is 1. The lowest BCUT2D eigenvalue weighted by Gasteiger charge is -2.30. The minimum absolute atomic E-state index is 0.152. The lowest BCUT2D eigenvalue weighted by atomic mass is 10.1. The molecule has 2 aromatic carbocycles. The number of rotatable bonds is 3. The van der Waals surface area contributed by atoms with E-state index in [9.17, 15) is 4.79 Å². The molecular formula is C21H19N3O2S. The lowest BCUT2D eigenvalue weighted by molar-refractivity contribution is -0.117. The van der Waals surface area contributed by atoms with Gasteiger partial charge >= 0.3 is 0 Å². The molecule has 6 heteroatoms. The van der Waals surface area contributed by atoms with Gasteiger partial charge in [0, 0.05) is 17.0 Å². The van der Waals surface area contributed by atoms with Crippen LogP contribution < -0.4 is 15.4 Å². The number of carbonyl (C=O) groups is 1. The van der Waals surface area contributed by atoms with Gasteiger partial charge in [0.25, 0.3) is 5.91 Å². The van der Waals surface area contributed by atoms with Gasteiger partial charge in [-0.3, -0.25) is 4.79 Å². The molecular weight excluding hydrogens is 358 g/mol. The van der Waals surface area contributed by atoms with Crippen molar-refractivity contribution in [1.29, 1.82) is 0 Å². The van der Waals surface area contributed by atoms with Crippen molar-refractivity contribution in [3.05, 3.63) is 64.7 Å². The number of benzene rings is 2. The summed E-state index contributed by atoms with van der Waals surface area (Å²) in [6.07, 6.45) is 1.77. The van der Waals surface area contributed by atoms with Crippen LogP contribution in [0.1, 0.15) is 17.4 Å². The van der Waals surface area contributed by atoms with E-state index < -0.39 is 0 Å². The molecule has 0 aliphatic carbocycles. The van der Waals surface area contributed by atoms with E-state index in [1.54, 1.807) is 11.0 Å². The maximum atomic E-state index is 12.9. The number of hydrogen-bond acceptors (Lipinski definition) is 5. The third-order valence-electron chi connectivity index (χ3n) is 4.43. The molecule has 136 valence electrons. The minimum atomic E-state index is -0.152. The molecule has 3 aromatic rings. The van der Waals surface area contributed by atoms with Crippen LogP contribution in [0.3, 0.4) is 0 Å². The number of hydrogen-bond donors (Lipinski definition) is 1. The molecule has 4 rings (SSSR count). The van der Waals surface area contributed by atoms with E-state index in [1.165, 1.54) is 11.3 Å². The minimum Gasteiger partial charge on any atom is -0.449 e. The number of thiazole rings is 1. The number of amides is 1. The average Bonchev–Trinajstić information content (AvgIpc) is 3.01. The van der Waals surface area contributed by atoms with Crippen molar-refractivity contribution in [1.82, 2.24) is 4.98 Å². The fourth-order valence-corrected chi connectivity index (χ4v) is 3.87. The predicted octanol–water partition coefficient (Wildman–Crippen LogP) is 4.49. The standard InChI is InChI=1S/C21H19N3O2S/c1-3-24-16-12-15(19-13(2)27-21(22)23-19)9-10-17(16)26-18(20(24)25)11-14-7-5-4-6-8-14/h4-12H,3H2,1-2H3,(H2,22,23)/b18-11+. The fourth-order valence-electron chi connectivity index (χ4n) is 3.16. The molecule has 0 saturated carbocycles. The van der Waals surface area contributed by atoms with Crippen LogP contribution in [0.25, 0.3) is 17.3 Å². The van der Waals surface area contributed by atoms with E-state index in [0.29, 0.717) is 23.2 Å². The first-order chi connectivity index (χ1) is 13.1. The molecule has 1 amide bonds. The molecule has 0 radical (unpaired) electrons. The van der Waals surface area contributed by atoms with E-state index in [-0.39, 0.29) is 5.91 Å². The highest BCUT2D eigenvalue weighted by atomic mass is 32.1. The van der Waals surface area contributed by atoms with Crippen LogP contribution in [-0.4, -0.2) is 17.4 Å². The van der Waals surface area contributed by atoms with Gasteiger partial charge < -0.3 is 15.4 Å². The van der Waals surface area contributed by atoms with Gasteiger partial charge in [-0.1, -0.05) is 30.3 Å². The number of anilines is 2. The molecule has 27 heavy (non-hydrogen) atoms. The van der Waals surface area contributed by atoms with Crippen molar-refractivity contribution >= 4 is 34.1 Å². The lowest BCUT2D eigenvalue weighted by Crippen LogP contribution is -2.37. The maximum Gasteiger partial charge on any atom is 0.294 e. The van der Waals surface area contributed by atoms with E-state index in [1.807, 2.05) is 62.4 Å². The summed E-state index contributed by atoms with van der Waals surface area (Å²) in [4.78, 5) is 20.1. The zero-order valence-electron chi connectivity index (χ0n) is 15.1. The first-order valence-corrected chi connectivity index (χ1v) is 9.52. The second kappa shape index (κ2) is 6.89. The van der Waals surface area contributed by atoms with E-state index in [4.69, 9.17) is 10.5 Å². The predicted molar refractivity (Wildman–Crippen MR) is 110 cm³/mol. The number of aryl methyl sites for hydroxylation is 1. The Morgan fingerprint density at radius 2 is 2.00 bits per heavy atom. The van der Waals surface area contributed by atoms with Gasteiger partial charge in [-0.25, -0.2) is 4.98 Å². The normalized spacial score (nSPS) is 15.0. The molecule has 0 bridgehead atoms. The number of nitrogen functional groups attached to an aromatic ring is 1. The van der Waals surface area contributed by atoms with Crippen molar-refractivity contribution in [3.63, 3.8) is 0 Å². The molecule has 0 atom stereocenters. The summed E-state index contributed by atoms with van der Waals surface area (Å²) < 4.78 is 5.93. The van der Waals surface area contributed by atoms with Crippen LogP contribution in [-0.2, 0) is 4.79 Å². The van der Waals surface area contributed by atoms with Crippen molar-refractivity contribution in [3.8, 4) is 17.0 Å². The highest BCUT2D eigenvalue weighted by molar-refractivity contribution is 7.15. The van der Waals surface area contributed by atoms with Gasteiger partial charge in [-0.2, -0.15) is 0 Å². The number of fused-ring (bicyclic) bond motifs is 1. The van der Waals surface area contributed by atoms with Crippen molar-refractivity contribution in [2.24, 2.45) is 0 Å². The van der Waals surface area contributed by atoms with Crippen LogP contribution >= 0.6 is 11.3 Å².